The van der Waals surface area contributed by atoms with Crippen LogP contribution in [0.5, 0.6) is 0 Å². The highest BCUT2D eigenvalue weighted by Gasteiger charge is 2.06. The second-order valence-corrected chi connectivity index (χ2v) is 5.14. The SMILES string of the molecule is CSCCCCNCC(O)c1ccc(C#N)cc1. The maximum Gasteiger partial charge on any atom is 0.0991 e. The third-order valence-corrected chi connectivity index (χ3v) is 3.41. The lowest BCUT2D eigenvalue weighted by Gasteiger charge is -2.12. The standard InChI is InChI=1S/C14H20N2OS/c1-18-9-3-2-8-16-11-14(17)13-6-4-12(10-15)5-7-13/h4-7,14,16-17H,2-3,8-9,11H2,1H3. The van der Waals surface area contributed by atoms with Crippen LogP contribution in [0.25, 0.3) is 0 Å². The van der Waals surface area contributed by atoms with Crippen molar-refractivity contribution in [1.29, 1.82) is 5.26 Å². The molecule has 1 rings (SSSR count). The highest BCUT2D eigenvalue weighted by atomic mass is 32.2. The van der Waals surface area contributed by atoms with Crippen LogP contribution >= 0.6 is 11.8 Å². The van der Waals surface area contributed by atoms with E-state index in [1.807, 2.05) is 11.8 Å². The second kappa shape index (κ2) is 8.98. The minimum absolute atomic E-state index is 0.502. The van der Waals surface area contributed by atoms with Crippen LogP contribution in [-0.4, -0.2) is 30.2 Å². The fourth-order valence-corrected chi connectivity index (χ4v) is 2.13. The van der Waals surface area contributed by atoms with Gasteiger partial charge >= 0.3 is 0 Å². The van der Waals surface area contributed by atoms with Crippen molar-refractivity contribution in [3.8, 4) is 6.07 Å². The average molecular weight is 264 g/mol. The molecule has 98 valence electrons. The minimum atomic E-state index is -0.502. The number of nitriles is 1. The summed E-state index contributed by atoms with van der Waals surface area (Å²) in [4.78, 5) is 0. The molecule has 0 aliphatic carbocycles. The Kier molecular flexibility index (Phi) is 7.51. The summed E-state index contributed by atoms with van der Waals surface area (Å²) in [5.41, 5.74) is 1.47. The van der Waals surface area contributed by atoms with Gasteiger partial charge in [0.1, 0.15) is 0 Å². The molecule has 4 heteroatoms. The van der Waals surface area contributed by atoms with E-state index in [-0.39, 0.29) is 0 Å². The Morgan fingerprint density at radius 2 is 2.06 bits per heavy atom. The molecule has 0 spiro atoms. The summed E-state index contributed by atoms with van der Waals surface area (Å²) in [6.07, 6.45) is 3.96. The van der Waals surface area contributed by atoms with Crippen LogP contribution < -0.4 is 5.32 Å². The van der Waals surface area contributed by atoms with Gasteiger partial charge < -0.3 is 10.4 Å². The van der Waals surface area contributed by atoms with Gasteiger partial charge in [-0.15, -0.1) is 0 Å². The molecule has 0 amide bonds. The molecule has 0 radical (unpaired) electrons. The first-order valence-electron chi connectivity index (χ1n) is 6.15. The van der Waals surface area contributed by atoms with Crippen molar-refractivity contribution in [2.45, 2.75) is 18.9 Å². The molecule has 0 bridgehead atoms. The first kappa shape index (κ1) is 15.0. The zero-order valence-electron chi connectivity index (χ0n) is 10.7. The van der Waals surface area contributed by atoms with Crippen molar-refractivity contribution in [2.24, 2.45) is 0 Å². The fourth-order valence-electron chi connectivity index (χ4n) is 1.63. The van der Waals surface area contributed by atoms with Gasteiger partial charge in [0.05, 0.1) is 17.7 Å². The van der Waals surface area contributed by atoms with Crippen LogP contribution in [-0.2, 0) is 0 Å². The van der Waals surface area contributed by atoms with Gasteiger partial charge in [0, 0.05) is 6.54 Å². The molecule has 1 unspecified atom stereocenters. The van der Waals surface area contributed by atoms with E-state index >= 15 is 0 Å². The van der Waals surface area contributed by atoms with E-state index in [0.29, 0.717) is 12.1 Å². The molecule has 2 N–H and O–H groups in total. The molecule has 0 saturated carbocycles. The predicted molar refractivity (Wildman–Crippen MR) is 76.6 cm³/mol. The second-order valence-electron chi connectivity index (χ2n) is 4.15. The molecule has 0 heterocycles. The average Bonchev–Trinajstić information content (AvgIpc) is 2.42. The Morgan fingerprint density at radius 1 is 1.33 bits per heavy atom. The minimum Gasteiger partial charge on any atom is -0.387 e. The molecule has 1 atom stereocenters. The number of aliphatic hydroxyl groups excluding tert-OH is 1. The predicted octanol–water partition coefficient (Wildman–Crippen LogP) is 2.32. The fraction of sp³-hybridized carbons (Fsp3) is 0.500. The number of rotatable bonds is 8. The number of hydrogen-bond acceptors (Lipinski definition) is 4. The Balaban J connectivity index is 2.23. The van der Waals surface area contributed by atoms with Crippen molar-refractivity contribution >= 4 is 11.8 Å². The van der Waals surface area contributed by atoms with Gasteiger partial charge in [0.25, 0.3) is 0 Å². The highest BCUT2D eigenvalue weighted by Crippen LogP contribution is 2.12. The lowest BCUT2D eigenvalue weighted by Crippen LogP contribution is -2.22. The Hall–Kier alpha value is -1.02. The summed E-state index contributed by atoms with van der Waals surface area (Å²) in [6.45, 7) is 1.50. The molecule has 0 aliphatic heterocycles. The zero-order chi connectivity index (χ0) is 13.2. The van der Waals surface area contributed by atoms with Gasteiger partial charge in [0.2, 0.25) is 0 Å². The van der Waals surface area contributed by atoms with E-state index in [1.54, 1.807) is 24.3 Å². The smallest absolute Gasteiger partial charge is 0.0991 e. The molecule has 0 fully saturated rings. The summed E-state index contributed by atoms with van der Waals surface area (Å²) >= 11 is 1.86. The first-order chi connectivity index (χ1) is 8.77. The summed E-state index contributed by atoms with van der Waals surface area (Å²) < 4.78 is 0. The van der Waals surface area contributed by atoms with Crippen molar-refractivity contribution in [3.63, 3.8) is 0 Å². The largest absolute Gasteiger partial charge is 0.387 e. The summed E-state index contributed by atoms with van der Waals surface area (Å²) in [6, 6.07) is 9.14. The topological polar surface area (TPSA) is 56.0 Å². The molecule has 1 aromatic rings. The third kappa shape index (κ3) is 5.54. The lowest BCUT2D eigenvalue weighted by atomic mass is 10.1. The Morgan fingerprint density at radius 3 is 2.67 bits per heavy atom. The van der Waals surface area contributed by atoms with Gasteiger partial charge in [-0.25, -0.2) is 0 Å². The van der Waals surface area contributed by atoms with Crippen molar-refractivity contribution in [2.75, 3.05) is 25.1 Å². The maximum absolute atomic E-state index is 9.94. The number of aliphatic hydroxyl groups is 1. The van der Waals surface area contributed by atoms with E-state index < -0.39 is 6.10 Å². The van der Waals surface area contributed by atoms with Crippen molar-refractivity contribution in [1.82, 2.24) is 5.32 Å². The van der Waals surface area contributed by atoms with Crippen LogP contribution in [0.1, 0.15) is 30.1 Å². The molecule has 1 aromatic carbocycles. The molecular weight excluding hydrogens is 244 g/mol. The van der Waals surface area contributed by atoms with Crippen LogP contribution in [0.4, 0.5) is 0 Å². The van der Waals surface area contributed by atoms with Gasteiger partial charge in [0.15, 0.2) is 0 Å². The maximum atomic E-state index is 9.94. The summed E-state index contributed by atoms with van der Waals surface area (Å²) in [7, 11) is 0. The lowest BCUT2D eigenvalue weighted by molar-refractivity contribution is 0.175. The van der Waals surface area contributed by atoms with Crippen LogP contribution in [0.2, 0.25) is 0 Å². The van der Waals surface area contributed by atoms with Crippen LogP contribution in [0.3, 0.4) is 0 Å². The molecule has 0 saturated heterocycles. The van der Waals surface area contributed by atoms with Crippen LogP contribution in [0, 0.1) is 11.3 Å². The molecular formula is C14H20N2OS. The Labute approximate surface area is 113 Å². The first-order valence-corrected chi connectivity index (χ1v) is 7.55. The third-order valence-electron chi connectivity index (χ3n) is 2.71. The van der Waals surface area contributed by atoms with Gasteiger partial charge in [-0.1, -0.05) is 12.1 Å². The summed E-state index contributed by atoms with van der Waals surface area (Å²) in [5, 5.41) is 21.9. The highest BCUT2D eigenvalue weighted by molar-refractivity contribution is 7.98. The number of unbranched alkanes of at least 4 members (excludes halogenated alkanes) is 1. The zero-order valence-corrected chi connectivity index (χ0v) is 11.5. The van der Waals surface area contributed by atoms with Gasteiger partial charge in [-0.2, -0.15) is 17.0 Å². The molecule has 3 nitrogen and oxygen atoms in total. The van der Waals surface area contributed by atoms with E-state index in [0.717, 1.165) is 18.5 Å². The number of thioether (sulfide) groups is 1. The van der Waals surface area contributed by atoms with Gasteiger partial charge in [-0.05, 0) is 49.1 Å². The van der Waals surface area contributed by atoms with E-state index in [1.165, 1.54) is 12.2 Å². The van der Waals surface area contributed by atoms with Crippen molar-refractivity contribution in [3.05, 3.63) is 35.4 Å². The number of benzene rings is 1. The quantitative estimate of drug-likeness (QED) is 0.708. The molecule has 0 aliphatic rings. The number of nitrogens with one attached hydrogen (secondary N) is 1. The normalized spacial score (nSPS) is 12.1. The van der Waals surface area contributed by atoms with E-state index in [9.17, 15) is 5.11 Å². The summed E-state index contributed by atoms with van der Waals surface area (Å²) in [5.74, 6) is 1.19. The number of hydrogen-bond donors (Lipinski definition) is 2. The monoisotopic (exact) mass is 264 g/mol. The number of nitrogens with zero attached hydrogens (tertiary/aromatic N) is 1. The molecule has 18 heavy (non-hydrogen) atoms. The Bertz CT molecular complexity index is 372. The van der Waals surface area contributed by atoms with Gasteiger partial charge in [-0.3, -0.25) is 0 Å². The molecule has 0 aromatic heterocycles. The van der Waals surface area contributed by atoms with Crippen LogP contribution in [0.15, 0.2) is 24.3 Å². The van der Waals surface area contributed by atoms with E-state index in [2.05, 4.69) is 17.6 Å². The van der Waals surface area contributed by atoms with E-state index in [4.69, 9.17) is 5.26 Å². The van der Waals surface area contributed by atoms with Crippen molar-refractivity contribution < 1.29 is 5.11 Å².